The van der Waals surface area contributed by atoms with Gasteiger partial charge in [0.25, 0.3) is 0 Å². The van der Waals surface area contributed by atoms with Gasteiger partial charge < -0.3 is 14.5 Å². The van der Waals surface area contributed by atoms with Gasteiger partial charge in [0.15, 0.2) is 0 Å². The first-order chi connectivity index (χ1) is 10.6. The maximum absolute atomic E-state index is 5.44. The predicted octanol–water partition coefficient (Wildman–Crippen LogP) is 4.10. The quantitative estimate of drug-likeness (QED) is 0.799. The topological polar surface area (TPSA) is 34.2 Å². The van der Waals surface area contributed by atoms with Crippen molar-refractivity contribution in [3.8, 4) is 0 Å². The molecule has 0 fully saturated rings. The van der Waals surface area contributed by atoms with Crippen molar-refractivity contribution in [1.29, 1.82) is 0 Å². The maximum atomic E-state index is 5.44. The molecule has 1 N–H and O–H groups in total. The molecule has 1 aromatic heterocycles. The van der Waals surface area contributed by atoms with Gasteiger partial charge in [0, 0.05) is 29.2 Å². The monoisotopic (exact) mass is 330 g/mol. The first-order valence-corrected chi connectivity index (χ1v) is 8.21. The third-order valence-corrected chi connectivity index (χ3v) is 3.66. The third-order valence-electron chi connectivity index (χ3n) is 3.47. The van der Waals surface area contributed by atoms with Crippen LogP contribution in [-0.2, 0) is 11.1 Å². The largest absolute Gasteiger partial charge is 0.331 e. The Hall–Kier alpha value is -1.88. The lowest BCUT2D eigenvalue weighted by atomic mass is 10.1. The molecule has 0 saturated heterocycles. The van der Waals surface area contributed by atoms with Gasteiger partial charge in [0.05, 0.1) is 0 Å². The van der Waals surface area contributed by atoms with Crippen molar-refractivity contribution in [3.63, 3.8) is 0 Å². The molecule has 0 unspecified atom stereocenters. The van der Waals surface area contributed by atoms with Gasteiger partial charge in [0.1, 0.15) is 0 Å². The fourth-order valence-electron chi connectivity index (χ4n) is 2.30. The summed E-state index contributed by atoms with van der Waals surface area (Å²) in [5.74, 6) is 0. The average molecular weight is 331 g/mol. The van der Waals surface area contributed by atoms with Crippen LogP contribution in [0.5, 0.6) is 0 Å². The number of rotatable bonds is 1. The summed E-state index contributed by atoms with van der Waals surface area (Å²) in [6.07, 6.45) is 4.13. The second-order valence-corrected chi connectivity index (χ2v) is 7.97. The van der Waals surface area contributed by atoms with Gasteiger partial charge in [-0.15, -0.1) is 0 Å². The van der Waals surface area contributed by atoms with Gasteiger partial charge in [-0.3, -0.25) is 0 Å². The molecule has 1 aromatic carbocycles. The smallest absolute Gasteiger partial charge is 0.213 e. The van der Waals surface area contributed by atoms with Crippen molar-refractivity contribution in [1.82, 2.24) is 9.13 Å². The minimum Gasteiger partial charge on any atom is -0.331 e. The molecule has 0 radical (unpaired) electrons. The molecule has 0 atom stereocenters. The number of nitrogens with zero attached hydrogens (tertiary/aromatic N) is 3. The van der Waals surface area contributed by atoms with E-state index in [-0.39, 0.29) is 11.1 Å². The van der Waals surface area contributed by atoms with E-state index < -0.39 is 0 Å². The van der Waals surface area contributed by atoms with E-state index >= 15 is 0 Å². The summed E-state index contributed by atoms with van der Waals surface area (Å²) in [6, 6.07) is 9.87. The van der Waals surface area contributed by atoms with E-state index in [1.54, 1.807) is 0 Å². The number of anilines is 1. The Morgan fingerprint density at radius 3 is 1.83 bits per heavy atom. The standard InChI is InChI=1S/C18H26N4S/c1-17(2,3)21-12-13-22(18(4,5)6)16(21)20-15(23)19-14-10-8-7-9-11-14/h7-13H,1-6H3,(H,19,23). The van der Waals surface area contributed by atoms with Crippen molar-refractivity contribution in [3.05, 3.63) is 48.3 Å². The number of thiocarbonyl (C=S) groups is 1. The molecule has 0 bridgehead atoms. The summed E-state index contributed by atoms with van der Waals surface area (Å²) < 4.78 is 4.30. The molecule has 2 aromatic rings. The fourth-order valence-corrected chi connectivity index (χ4v) is 2.50. The number of hydrogen-bond acceptors (Lipinski definition) is 1. The van der Waals surface area contributed by atoms with Crippen LogP contribution in [0.4, 0.5) is 5.69 Å². The molecule has 2 rings (SSSR count). The minimum absolute atomic E-state index is 0.0717. The van der Waals surface area contributed by atoms with Crippen LogP contribution in [0, 0.1) is 0 Å². The van der Waals surface area contributed by atoms with Crippen LogP contribution < -0.4 is 10.9 Å². The molecule has 0 amide bonds. The lowest BCUT2D eigenvalue weighted by molar-refractivity contribution is 0.337. The van der Waals surface area contributed by atoms with Crippen LogP contribution in [0.25, 0.3) is 0 Å². The van der Waals surface area contributed by atoms with E-state index in [0.717, 1.165) is 11.3 Å². The summed E-state index contributed by atoms with van der Waals surface area (Å²) in [4.78, 5) is 4.69. The van der Waals surface area contributed by atoms with Crippen LogP contribution >= 0.6 is 12.2 Å². The van der Waals surface area contributed by atoms with Crippen LogP contribution in [0.2, 0.25) is 0 Å². The van der Waals surface area contributed by atoms with E-state index in [1.165, 1.54) is 0 Å². The highest BCUT2D eigenvalue weighted by molar-refractivity contribution is 7.80. The van der Waals surface area contributed by atoms with Crippen molar-refractivity contribution < 1.29 is 0 Å². The van der Waals surface area contributed by atoms with Gasteiger partial charge >= 0.3 is 0 Å². The first kappa shape index (κ1) is 17.5. The highest BCUT2D eigenvalue weighted by Gasteiger charge is 2.21. The van der Waals surface area contributed by atoms with Crippen LogP contribution in [0.3, 0.4) is 0 Å². The van der Waals surface area contributed by atoms with Crippen molar-refractivity contribution in [2.75, 3.05) is 5.32 Å². The predicted molar refractivity (Wildman–Crippen MR) is 101 cm³/mol. The Labute approximate surface area is 143 Å². The number of para-hydroxylation sites is 1. The van der Waals surface area contributed by atoms with Crippen molar-refractivity contribution in [2.24, 2.45) is 4.99 Å². The van der Waals surface area contributed by atoms with Crippen molar-refractivity contribution >= 4 is 23.0 Å². The zero-order valence-corrected chi connectivity index (χ0v) is 15.6. The third kappa shape index (κ3) is 4.32. The van der Waals surface area contributed by atoms with Gasteiger partial charge in [-0.1, -0.05) is 18.2 Å². The SMILES string of the molecule is CC(C)(C)n1ccn(C(C)(C)C)c1=NC(=S)Nc1ccccc1. The molecule has 0 aliphatic carbocycles. The zero-order valence-electron chi connectivity index (χ0n) is 14.8. The molecule has 0 aliphatic heterocycles. The van der Waals surface area contributed by atoms with Crippen LogP contribution in [-0.4, -0.2) is 14.2 Å². The van der Waals surface area contributed by atoms with Gasteiger partial charge in [-0.2, -0.15) is 4.99 Å². The number of aromatic nitrogens is 2. The molecule has 23 heavy (non-hydrogen) atoms. The number of nitrogens with one attached hydrogen (secondary N) is 1. The Balaban J connectivity index is 2.47. The first-order valence-electron chi connectivity index (χ1n) is 7.81. The van der Waals surface area contributed by atoms with Crippen LogP contribution in [0.15, 0.2) is 47.7 Å². The summed E-state index contributed by atoms with van der Waals surface area (Å²) in [5.41, 5.74) is 1.64. The van der Waals surface area contributed by atoms with Gasteiger partial charge in [-0.25, -0.2) is 0 Å². The van der Waals surface area contributed by atoms with E-state index in [0.29, 0.717) is 5.11 Å². The minimum atomic E-state index is -0.0717. The normalized spacial score (nSPS) is 12.1. The van der Waals surface area contributed by atoms with Crippen molar-refractivity contribution in [2.45, 2.75) is 52.6 Å². The second kappa shape index (κ2) is 6.32. The molecule has 4 nitrogen and oxygen atoms in total. The molecule has 0 aliphatic rings. The highest BCUT2D eigenvalue weighted by Crippen LogP contribution is 2.15. The lowest BCUT2D eigenvalue weighted by Gasteiger charge is -2.24. The number of benzene rings is 1. The Morgan fingerprint density at radius 1 is 0.913 bits per heavy atom. The summed E-state index contributed by atoms with van der Waals surface area (Å²) in [5, 5.41) is 3.63. The second-order valence-electron chi connectivity index (χ2n) is 7.59. The molecule has 5 heteroatoms. The summed E-state index contributed by atoms with van der Waals surface area (Å²) >= 11 is 5.44. The molecule has 0 spiro atoms. The van der Waals surface area contributed by atoms with E-state index in [4.69, 9.17) is 17.2 Å². The maximum Gasteiger partial charge on any atom is 0.213 e. The fraction of sp³-hybridized carbons (Fsp3) is 0.444. The van der Waals surface area contributed by atoms with E-state index in [9.17, 15) is 0 Å². The Kier molecular flexibility index (Phi) is 4.80. The Bertz CT molecular complexity index is 705. The number of imidazole rings is 1. The molecule has 0 saturated carbocycles. The molecular formula is C18H26N4S. The van der Waals surface area contributed by atoms with E-state index in [1.807, 2.05) is 30.3 Å². The summed E-state index contributed by atoms with van der Waals surface area (Å²) in [7, 11) is 0. The lowest BCUT2D eigenvalue weighted by Crippen LogP contribution is -2.41. The highest BCUT2D eigenvalue weighted by atomic mass is 32.1. The Morgan fingerprint density at radius 2 is 1.39 bits per heavy atom. The average Bonchev–Trinajstić information content (AvgIpc) is 2.83. The molecule has 1 heterocycles. The zero-order chi connectivity index (χ0) is 17.3. The molecular weight excluding hydrogens is 304 g/mol. The number of hydrogen-bond donors (Lipinski definition) is 1. The summed E-state index contributed by atoms with van der Waals surface area (Å²) in [6.45, 7) is 13.0. The van der Waals surface area contributed by atoms with E-state index in [2.05, 4.69) is 68.4 Å². The van der Waals surface area contributed by atoms with Gasteiger partial charge in [-0.05, 0) is 65.9 Å². The van der Waals surface area contributed by atoms with Gasteiger partial charge in [0.2, 0.25) is 10.7 Å². The molecule has 124 valence electrons. The van der Waals surface area contributed by atoms with Crippen LogP contribution in [0.1, 0.15) is 41.5 Å².